The fraction of sp³-hybridized carbons (Fsp3) is 0.625. The molecule has 0 saturated heterocycles. The monoisotopic (exact) mass is 448 g/mol. The number of carbonyl (C=O) groups excluding carboxylic acids is 5. The van der Waals surface area contributed by atoms with Crippen molar-refractivity contribution in [3.63, 3.8) is 0 Å². The SMILES string of the molecule is CC(O)C(N)C(=O)NC(CC(N)=O)C(=O)NC(CCC(N)=O)C(=O)NC(CO)C(=O)O. The van der Waals surface area contributed by atoms with Crippen LogP contribution >= 0.6 is 0 Å². The zero-order chi connectivity index (χ0) is 24.3. The molecule has 5 unspecified atom stereocenters. The lowest BCUT2D eigenvalue weighted by molar-refractivity contribution is -0.143. The van der Waals surface area contributed by atoms with Crippen LogP contribution < -0.4 is 33.2 Å². The van der Waals surface area contributed by atoms with Crippen LogP contribution in [0.25, 0.3) is 0 Å². The standard InChI is InChI=1S/C16H28N6O9/c1-6(24)12(19)15(29)21-8(4-11(18)26)14(28)20-7(2-3-10(17)25)13(27)22-9(5-23)16(30)31/h6-9,12,23-24H,2-5,19H2,1H3,(H2,17,25)(H2,18,26)(H,20,28)(H,21,29)(H,22,27)(H,30,31). The highest BCUT2D eigenvalue weighted by Crippen LogP contribution is 2.02. The van der Waals surface area contributed by atoms with Crippen LogP contribution in [0.15, 0.2) is 0 Å². The van der Waals surface area contributed by atoms with Crippen molar-refractivity contribution in [1.82, 2.24) is 16.0 Å². The smallest absolute Gasteiger partial charge is 0.328 e. The van der Waals surface area contributed by atoms with E-state index in [-0.39, 0.29) is 12.8 Å². The molecule has 5 atom stereocenters. The first-order valence-corrected chi connectivity index (χ1v) is 9.05. The Balaban J connectivity index is 5.51. The average molecular weight is 448 g/mol. The van der Waals surface area contributed by atoms with Crippen LogP contribution in [0.4, 0.5) is 0 Å². The van der Waals surface area contributed by atoms with Crippen LogP contribution in [-0.4, -0.2) is 87.7 Å². The van der Waals surface area contributed by atoms with Gasteiger partial charge in [0.05, 0.1) is 19.1 Å². The molecule has 0 aromatic heterocycles. The van der Waals surface area contributed by atoms with Crippen LogP contribution in [-0.2, 0) is 28.8 Å². The molecule has 0 aliphatic rings. The largest absolute Gasteiger partial charge is 0.480 e. The molecule has 0 aliphatic carbocycles. The van der Waals surface area contributed by atoms with Crippen LogP contribution in [0.2, 0.25) is 0 Å². The first-order chi connectivity index (χ1) is 14.3. The molecule has 5 amide bonds. The van der Waals surface area contributed by atoms with Gasteiger partial charge in [0.25, 0.3) is 0 Å². The number of carboxylic acid groups (broad SMARTS) is 1. The molecule has 0 aliphatic heterocycles. The van der Waals surface area contributed by atoms with Gasteiger partial charge in [-0.25, -0.2) is 4.79 Å². The molecule has 15 heteroatoms. The first kappa shape index (κ1) is 27.7. The van der Waals surface area contributed by atoms with E-state index in [4.69, 9.17) is 27.4 Å². The number of carboxylic acids is 1. The topological polar surface area (TPSA) is 277 Å². The summed E-state index contributed by atoms with van der Waals surface area (Å²) in [4.78, 5) is 70.2. The Hall–Kier alpha value is -3.30. The van der Waals surface area contributed by atoms with Crippen molar-refractivity contribution in [3.05, 3.63) is 0 Å². The molecular formula is C16H28N6O9. The van der Waals surface area contributed by atoms with Gasteiger partial charge in [-0.15, -0.1) is 0 Å². The van der Waals surface area contributed by atoms with Gasteiger partial charge in [0, 0.05) is 6.42 Å². The Bertz CT molecular complexity index is 699. The molecule has 0 spiro atoms. The Morgan fingerprint density at radius 3 is 1.74 bits per heavy atom. The lowest BCUT2D eigenvalue weighted by Crippen LogP contribution is -2.59. The summed E-state index contributed by atoms with van der Waals surface area (Å²) >= 11 is 0. The quantitative estimate of drug-likeness (QED) is 0.121. The van der Waals surface area contributed by atoms with E-state index in [1.807, 2.05) is 5.32 Å². The number of rotatable bonds is 14. The number of carbonyl (C=O) groups is 6. The zero-order valence-electron chi connectivity index (χ0n) is 16.7. The van der Waals surface area contributed by atoms with Crippen molar-refractivity contribution in [1.29, 1.82) is 0 Å². The molecule has 0 aromatic rings. The molecule has 0 heterocycles. The highest BCUT2D eigenvalue weighted by Gasteiger charge is 2.31. The number of nitrogens with one attached hydrogen (secondary N) is 3. The molecule has 15 nitrogen and oxygen atoms in total. The second kappa shape index (κ2) is 13.1. The highest BCUT2D eigenvalue weighted by molar-refractivity contribution is 5.96. The molecule has 0 radical (unpaired) electrons. The number of hydrogen-bond acceptors (Lipinski definition) is 9. The molecular weight excluding hydrogens is 420 g/mol. The van der Waals surface area contributed by atoms with Gasteiger partial charge >= 0.3 is 5.97 Å². The van der Waals surface area contributed by atoms with Crippen molar-refractivity contribution < 1.29 is 44.1 Å². The van der Waals surface area contributed by atoms with E-state index in [0.29, 0.717) is 0 Å². The minimum absolute atomic E-state index is 0.352. The van der Waals surface area contributed by atoms with Gasteiger partial charge in [0.2, 0.25) is 29.5 Å². The van der Waals surface area contributed by atoms with E-state index in [2.05, 4.69) is 10.6 Å². The third-order valence-electron chi connectivity index (χ3n) is 3.97. The maximum absolute atomic E-state index is 12.6. The van der Waals surface area contributed by atoms with Crippen molar-refractivity contribution in [2.24, 2.45) is 17.2 Å². The van der Waals surface area contributed by atoms with E-state index in [0.717, 1.165) is 0 Å². The van der Waals surface area contributed by atoms with E-state index in [9.17, 15) is 33.9 Å². The molecule has 31 heavy (non-hydrogen) atoms. The third kappa shape index (κ3) is 10.3. The summed E-state index contributed by atoms with van der Waals surface area (Å²) in [7, 11) is 0. The number of amides is 5. The summed E-state index contributed by atoms with van der Waals surface area (Å²) in [5, 5.41) is 33.6. The molecule has 0 bridgehead atoms. The van der Waals surface area contributed by atoms with Crippen molar-refractivity contribution in [2.45, 2.75) is 56.5 Å². The van der Waals surface area contributed by atoms with E-state index < -0.39 is 78.8 Å². The number of primary amides is 2. The minimum Gasteiger partial charge on any atom is -0.480 e. The van der Waals surface area contributed by atoms with Crippen molar-refractivity contribution >= 4 is 35.5 Å². The average Bonchev–Trinajstić information content (AvgIpc) is 2.66. The predicted octanol–water partition coefficient (Wildman–Crippen LogP) is -5.63. The van der Waals surface area contributed by atoms with E-state index >= 15 is 0 Å². The highest BCUT2D eigenvalue weighted by atomic mass is 16.4. The molecule has 0 rings (SSSR count). The maximum atomic E-state index is 12.6. The Kier molecular flexibility index (Phi) is 11.7. The predicted molar refractivity (Wildman–Crippen MR) is 102 cm³/mol. The van der Waals surface area contributed by atoms with Gasteiger partial charge in [0.15, 0.2) is 0 Å². The number of nitrogens with two attached hydrogens (primary N) is 3. The van der Waals surface area contributed by atoms with Crippen molar-refractivity contribution in [3.8, 4) is 0 Å². The maximum Gasteiger partial charge on any atom is 0.328 e. The van der Waals surface area contributed by atoms with Gasteiger partial charge in [0.1, 0.15) is 24.2 Å². The number of hydrogen-bond donors (Lipinski definition) is 9. The van der Waals surface area contributed by atoms with Crippen LogP contribution in [0.1, 0.15) is 26.2 Å². The Morgan fingerprint density at radius 2 is 1.32 bits per heavy atom. The lowest BCUT2D eigenvalue weighted by atomic mass is 10.1. The number of aliphatic hydroxyl groups is 2. The van der Waals surface area contributed by atoms with Crippen LogP contribution in [0.5, 0.6) is 0 Å². The van der Waals surface area contributed by atoms with E-state index in [1.165, 1.54) is 6.92 Å². The normalized spacial score (nSPS) is 15.5. The van der Waals surface area contributed by atoms with Gasteiger partial charge in [-0.3, -0.25) is 24.0 Å². The fourth-order valence-corrected chi connectivity index (χ4v) is 2.18. The summed E-state index contributed by atoms with van der Waals surface area (Å²) in [5.74, 6) is -6.50. The second-order valence-corrected chi connectivity index (χ2v) is 6.65. The van der Waals surface area contributed by atoms with Crippen molar-refractivity contribution in [2.75, 3.05) is 6.61 Å². The number of aliphatic hydroxyl groups excluding tert-OH is 2. The summed E-state index contributed by atoms with van der Waals surface area (Å²) in [6, 6.07) is -6.22. The Morgan fingerprint density at radius 1 is 0.839 bits per heavy atom. The summed E-state index contributed by atoms with van der Waals surface area (Å²) in [6.07, 6.45) is -2.70. The summed E-state index contributed by atoms with van der Waals surface area (Å²) in [6.45, 7) is 0.271. The zero-order valence-corrected chi connectivity index (χ0v) is 16.7. The second-order valence-electron chi connectivity index (χ2n) is 6.65. The summed E-state index contributed by atoms with van der Waals surface area (Å²) < 4.78 is 0. The summed E-state index contributed by atoms with van der Waals surface area (Å²) in [5.41, 5.74) is 15.6. The molecule has 176 valence electrons. The van der Waals surface area contributed by atoms with Gasteiger partial charge in [-0.1, -0.05) is 0 Å². The molecule has 0 aromatic carbocycles. The minimum atomic E-state index is -1.69. The van der Waals surface area contributed by atoms with E-state index in [1.54, 1.807) is 0 Å². The van der Waals surface area contributed by atoms with Crippen LogP contribution in [0.3, 0.4) is 0 Å². The van der Waals surface area contributed by atoms with Gasteiger partial charge in [-0.05, 0) is 13.3 Å². The third-order valence-corrected chi connectivity index (χ3v) is 3.97. The van der Waals surface area contributed by atoms with Gasteiger partial charge < -0.3 is 48.5 Å². The fourth-order valence-electron chi connectivity index (χ4n) is 2.18. The molecule has 0 saturated carbocycles. The number of aliphatic carboxylic acids is 1. The Labute approximate surface area is 176 Å². The lowest BCUT2D eigenvalue weighted by Gasteiger charge is -2.24. The molecule has 0 fully saturated rings. The molecule has 12 N–H and O–H groups in total. The van der Waals surface area contributed by atoms with Gasteiger partial charge in [-0.2, -0.15) is 0 Å². The van der Waals surface area contributed by atoms with Crippen LogP contribution in [0, 0.1) is 0 Å². The first-order valence-electron chi connectivity index (χ1n) is 9.05.